The first-order valence-electron chi connectivity index (χ1n) is 11.1. The van der Waals surface area contributed by atoms with Crippen LogP contribution in [-0.4, -0.2) is 22.0 Å². The van der Waals surface area contributed by atoms with Crippen LogP contribution in [-0.2, 0) is 11.2 Å². The van der Waals surface area contributed by atoms with Gasteiger partial charge >= 0.3 is 5.97 Å². The number of rotatable bonds is 11. The number of hydrogen-bond acceptors (Lipinski definition) is 4. The number of aliphatic hydroxyl groups is 1. The minimum atomic E-state index is -0.869. The van der Waals surface area contributed by atoms with Crippen LogP contribution >= 0.6 is 11.3 Å². The molecule has 5 heteroatoms. The van der Waals surface area contributed by atoms with Crippen LogP contribution in [0.15, 0.2) is 36.4 Å². The van der Waals surface area contributed by atoms with E-state index in [1.54, 1.807) is 6.07 Å². The maximum atomic E-state index is 12.6. The quantitative estimate of drug-likeness (QED) is 0.421. The van der Waals surface area contributed by atoms with Crippen molar-refractivity contribution in [2.45, 2.75) is 76.7 Å². The fourth-order valence-corrected chi connectivity index (χ4v) is 5.42. The number of aromatic carboxylic acids is 1. The summed E-state index contributed by atoms with van der Waals surface area (Å²) in [6.45, 7) is 2.16. The summed E-state index contributed by atoms with van der Waals surface area (Å²) in [6.07, 6.45) is 8.01. The van der Waals surface area contributed by atoms with Crippen LogP contribution in [0.2, 0.25) is 0 Å². The molecule has 4 nitrogen and oxygen atoms in total. The number of hydrogen-bond donors (Lipinski definition) is 2. The van der Waals surface area contributed by atoms with Crippen molar-refractivity contribution in [1.29, 1.82) is 0 Å². The Kier molecular flexibility index (Phi) is 8.23. The van der Waals surface area contributed by atoms with Crippen LogP contribution in [0.5, 0.6) is 0 Å². The average Bonchev–Trinajstić information content (AvgIpc) is 3.35. The van der Waals surface area contributed by atoms with Crippen molar-refractivity contribution in [3.8, 4) is 0 Å². The van der Waals surface area contributed by atoms with Gasteiger partial charge in [-0.2, -0.15) is 0 Å². The van der Waals surface area contributed by atoms with Gasteiger partial charge in [0.1, 0.15) is 10.7 Å². The molecule has 1 unspecified atom stereocenters. The average molecular weight is 429 g/mol. The number of carbonyl (C=O) groups excluding carboxylic acids is 1. The zero-order valence-electron chi connectivity index (χ0n) is 17.7. The lowest BCUT2D eigenvalue weighted by Crippen LogP contribution is -2.13. The second-order valence-corrected chi connectivity index (χ2v) is 9.55. The van der Waals surface area contributed by atoms with Gasteiger partial charge in [0.05, 0.1) is 6.10 Å². The Morgan fingerprint density at radius 3 is 2.57 bits per heavy atom. The molecule has 2 N–H and O–H groups in total. The molecule has 0 amide bonds. The first kappa shape index (κ1) is 22.7. The maximum absolute atomic E-state index is 12.6. The third-order valence-electron chi connectivity index (χ3n) is 6.21. The third kappa shape index (κ3) is 5.79. The van der Waals surface area contributed by atoms with Gasteiger partial charge in [-0.15, -0.1) is 11.3 Å². The molecular weight excluding hydrogens is 396 g/mol. The van der Waals surface area contributed by atoms with E-state index >= 15 is 0 Å². The zero-order chi connectivity index (χ0) is 21.5. The van der Waals surface area contributed by atoms with Gasteiger partial charge in [0, 0.05) is 17.2 Å². The number of carboxylic acid groups (broad SMARTS) is 1. The van der Waals surface area contributed by atoms with Crippen LogP contribution < -0.4 is 0 Å². The summed E-state index contributed by atoms with van der Waals surface area (Å²) in [5.74, 6) is -0.252. The highest BCUT2D eigenvalue weighted by Crippen LogP contribution is 2.40. The summed E-state index contributed by atoms with van der Waals surface area (Å²) in [6, 6.07) is 11.6. The molecule has 30 heavy (non-hydrogen) atoms. The third-order valence-corrected chi connectivity index (χ3v) is 7.34. The smallest absolute Gasteiger partial charge is 0.345 e. The Labute approximate surface area is 183 Å². The highest BCUT2D eigenvalue weighted by Gasteiger charge is 2.35. The standard InChI is InChI=1S/C25H32O4S/c1-2-3-4-8-21(26)17-9-11-19(12-10-17)24-18(13-15-22(24)27)6-5-7-20-14-16-23(30-20)25(28)29/h9-12,14,16,18,21,24,26H,2-8,13,15H2,1H3,(H,28,29)/t18-,21?,24-/m0/s1. The summed E-state index contributed by atoms with van der Waals surface area (Å²) in [5, 5.41) is 19.4. The van der Waals surface area contributed by atoms with Crippen LogP contribution in [0.4, 0.5) is 0 Å². The molecule has 1 fully saturated rings. The molecule has 1 aromatic heterocycles. The summed E-state index contributed by atoms with van der Waals surface area (Å²) < 4.78 is 0. The second kappa shape index (κ2) is 10.9. The van der Waals surface area contributed by atoms with E-state index in [0.29, 0.717) is 23.0 Å². The van der Waals surface area contributed by atoms with Crippen molar-refractivity contribution in [1.82, 2.24) is 0 Å². The van der Waals surface area contributed by atoms with E-state index in [1.165, 1.54) is 11.3 Å². The maximum Gasteiger partial charge on any atom is 0.345 e. The normalized spacial score (nSPS) is 19.9. The largest absolute Gasteiger partial charge is 0.477 e. The van der Waals surface area contributed by atoms with Crippen molar-refractivity contribution in [3.63, 3.8) is 0 Å². The number of carbonyl (C=O) groups is 2. The molecule has 0 spiro atoms. The number of unbranched alkanes of at least 4 members (excludes halogenated alkanes) is 2. The number of benzene rings is 1. The molecule has 0 bridgehead atoms. The Morgan fingerprint density at radius 2 is 1.90 bits per heavy atom. The minimum Gasteiger partial charge on any atom is -0.477 e. The Hall–Kier alpha value is -1.98. The van der Waals surface area contributed by atoms with Crippen molar-refractivity contribution >= 4 is 23.1 Å². The zero-order valence-corrected chi connectivity index (χ0v) is 18.5. The van der Waals surface area contributed by atoms with Crippen molar-refractivity contribution in [2.75, 3.05) is 0 Å². The minimum absolute atomic E-state index is 0.0470. The highest BCUT2D eigenvalue weighted by molar-refractivity contribution is 7.13. The van der Waals surface area contributed by atoms with E-state index in [1.807, 2.05) is 30.3 Å². The van der Waals surface area contributed by atoms with E-state index < -0.39 is 12.1 Å². The van der Waals surface area contributed by atoms with Gasteiger partial charge < -0.3 is 10.2 Å². The predicted molar refractivity (Wildman–Crippen MR) is 120 cm³/mol. The highest BCUT2D eigenvalue weighted by atomic mass is 32.1. The number of thiophene rings is 1. The predicted octanol–water partition coefficient (Wildman–Crippen LogP) is 6.15. The van der Waals surface area contributed by atoms with E-state index in [4.69, 9.17) is 5.11 Å². The summed E-state index contributed by atoms with van der Waals surface area (Å²) in [4.78, 5) is 25.1. The molecule has 1 aromatic carbocycles. The molecule has 0 aliphatic heterocycles. The number of carboxylic acids is 1. The summed E-state index contributed by atoms with van der Waals surface area (Å²) in [7, 11) is 0. The lowest BCUT2D eigenvalue weighted by Gasteiger charge is -2.20. The van der Waals surface area contributed by atoms with Crippen LogP contribution in [0.3, 0.4) is 0 Å². The molecule has 162 valence electrons. The van der Waals surface area contributed by atoms with Gasteiger partial charge in [-0.05, 0) is 61.3 Å². The molecule has 1 heterocycles. The topological polar surface area (TPSA) is 74.6 Å². The molecule has 0 saturated heterocycles. The van der Waals surface area contributed by atoms with E-state index in [-0.39, 0.29) is 5.92 Å². The first-order chi connectivity index (χ1) is 14.5. The van der Waals surface area contributed by atoms with Gasteiger partial charge in [0.15, 0.2) is 0 Å². The molecule has 1 aliphatic carbocycles. The molecule has 2 aromatic rings. The van der Waals surface area contributed by atoms with E-state index in [0.717, 1.165) is 67.4 Å². The van der Waals surface area contributed by atoms with Crippen LogP contribution in [0.1, 0.15) is 96.0 Å². The van der Waals surface area contributed by atoms with Gasteiger partial charge in [-0.3, -0.25) is 4.79 Å². The Bertz CT molecular complexity index is 839. The first-order valence-corrected chi connectivity index (χ1v) is 11.9. The summed E-state index contributed by atoms with van der Waals surface area (Å²) >= 11 is 1.34. The second-order valence-electron chi connectivity index (χ2n) is 8.38. The number of aliphatic hydroxyl groups excluding tert-OH is 1. The number of ketones is 1. The molecular formula is C25H32O4S. The van der Waals surface area contributed by atoms with Gasteiger partial charge in [0.25, 0.3) is 0 Å². The SMILES string of the molecule is CCCCCC(O)c1ccc([C@H]2C(=O)CC[C@@H]2CCCc2ccc(C(=O)O)s2)cc1. The van der Waals surface area contributed by atoms with E-state index in [2.05, 4.69) is 6.92 Å². The van der Waals surface area contributed by atoms with Crippen molar-refractivity contribution in [3.05, 3.63) is 57.3 Å². The molecule has 0 radical (unpaired) electrons. The van der Waals surface area contributed by atoms with Gasteiger partial charge in [-0.25, -0.2) is 4.79 Å². The summed E-state index contributed by atoms with van der Waals surface area (Å²) in [5.41, 5.74) is 2.00. The van der Waals surface area contributed by atoms with Gasteiger partial charge in [0.2, 0.25) is 0 Å². The van der Waals surface area contributed by atoms with E-state index in [9.17, 15) is 14.7 Å². The van der Waals surface area contributed by atoms with Crippen molar-refractivity contribution in [2.24, 2.45) is 5.92 Å². The fourth-order valence-electron chi connectivity index (χ4n) is 4.53. The number of aryl methyl sites for hydroxylation is 1. The van der Waals surface area contributed by atoms with Crippen LogP contribution in [0.25, 0.3) is 0 Å². The number of Topliss-reactive ketones (excluding diaryl/α,β-unsaturated/α-hetero) is 1. The fraction of sp³-hybridized carbons (Fsp3) is 0.520. The molecule has 3 rings (SSSR count). The molecule has 1 saturated carbocycles. The monoisotopic (exact) mass is 428 g/mol. The lowest BCUT2D eigenvalue weighted by atomic mass is 9.84. The van der Waals surface area contributed by atoms with Crippen molar-refractivity contribution < 1.29 is 19.8 Å². The Morgan fingerprint density at radius 1 is 1.13 bits per heavy atom. The lowest BCUT2D eigenvalue weighted by molar-refractivity contribution is -0.119. The van der Waals surface area contributed by atoms with Crippen LogP contribution in [0, 0.1) is 5.92 Å². The Balaban J connectivity index is 1.56. The molecule has 1 aliphatic rings. The van der Waals surface area contributed by atoms with Gasteiger partial charge in [-0.1, -0.05) is 50.5 Å². The molecule has 3 atom stereocenters.